The first kappa shape index (κ1) is 15.7. The molecule has 0 aromatic carbocycles. The number of rotatable bonds is 5. The van der Waals surface area contributed by atoms with Crippen molar-refractivity contribution in [2.24, 2.45) is 5.92 Å². The molecule has 0 amide bonds. The van der Waals surface area contributed by atoms with Crippen molar-refractivity contribution in [3.63, 3.8) is 0 Å². The predicted molar refractivity (Wildman–Crippen MR) is 82.2 cm³/mol. The zero-order valence-electron chi connectivity index (χ0n) is 12.9. The van der Waals surface area contributed by atoms with Crippen LogP contribution in [0.4, 0.5) is 0 Å². The van der Waals surface area contributed by atoms with Crippen molar-refractivity contribution in [2.45, 2.75) is 31.1 Å². The van der Waals surface area contributed by atoms with Crippen LogP contribution in [0.3, 0.4) is 0 Å². The van der Waals surface area contributed by atoms with Crippen LogP contribution >= 0.6 is 0 Å². The van der Waals surface area contributed by atoms with Crippen molar-refractivity contribution >= 4 is 10.0 Å². The van der Waals surface area contributed by atoms with E-state index in [4.69, 9.17) is 9.47 Å². The quantitative estimate of drug-likeness (QED) is 0.815. The Morgan fingerprint density at radius 1 is 1.45 bits per heavy atom. The minimum absolute atomic E-state index is 0.202. The maximum atomic E-state index is 12.2. The molecule has 1 spiro atoms. The van der Waals surface area contributed by atoms with E-state index in [0.29, 0.717) is 32.2 Å². The molecule has 1 aromatic rings. The molecule has 6 nitrogen and oxygen atoms in total. The minimum atomic E-state index is -3.19. The highest BCUT2D eigenvalue weighted by molar-refractivity contribution is 7.89. The van der Waals surface area contributed by atoms with Crippen molar-refractivity contribution in [1.29, 1.82) is 0 Å². The van der Waals surface area contributed by atoms with Gasteiger partial charge in [0.1, 0.15) is 5.60 Å². The van der Waals surface area contributed by atoms with Gasteiger partial charge in [-0.1, -0.05) is 6.07 Å². The van der Waals surface area contributed by atoms with Crippen molar-refractivity contribution in [2.75, 3.05) is 26.3 Å². The highest BCUT2D eigenvalue weighted by Gasteiger charge is 2.56. The van der Waals surface area contributed by atoms with Crippen LogP contribution in [0, 0.1) is 5.92 Å². The second-order valence-corrected chi connectivity index (χ2v) is 8.73. The van der Waals surface area contributed by atoms with E-state index in [2.05, 4.69) is 4.98 Å². The summed E-state index contributed by atoms with van der Waals surface area (Å²) in [6.45, 7) is 5.45. The summed E-state index contributed by atoms with van der Waals surface area (Å²) < 4.78 is 37.5. The molecule has 3 rings (SSSR count). The first-order chi connectivity index (χ1) is 10.4. The van der Waals surface area contributed by atoms with E-state index in [0.717, 1.165) is 6.42 Å². The Labute approximate surface area is 131 Å². The largest absolute Gasteiger partial charge is 0.477 e. The Morgan fingerprint density at radius 3 is 2.86 bits per heavy atom. The third-order valence-corrected chi connectivity index (χ3v) is 6.68. The topological polar surface area (TPSA) is 68.7 Å². The van der Waals surface area contributed by atoms with Gasteiger partial charge in [-0.15, -0.1) is 0 Å². The van der Waals surface area contributed by atoms with Gasteiger partial charge in [0.25, 0.3) is 0 Å². The summed E-state index contributed by atoms with van der Waals surface area (Å²) in [5.41, 5.74) is -0.378. The lowest BCUT2D eigenvalue weighted by Gasteiger charge is -2.49. The lowest BCUT2D eigenvalue weighted by Crippen LogP contribution is -2.67. The molecule has 0 bridgehead atoms. The molecular weight excluding hydrogens is 304 g/mol. The van der Waals surface area contributed by atoms with Crippen LogP contribution in [0.1, 0.15) is 20.3 Å². The third-order valence-electron chi connectivity index (χ3n) is 4.51. The molecule has 2 aliphatic heterocycles. The van der Waals surface area contributed by atoms with Crippen LogP contribution in [-0.4, -0.2) is 54.9 Å². The highest BCUT2D eigenvalue weighted by atomic mass is 32.2. The van der Waals surface area contributed by atoms with Crippen LogP contribution < -0.4 is 4.74 Å². The normalized spacial score (nSPS) is 24.6. The first-order valence-corrected chi connectivity index (χ1v) is 9.11. The summed E-state index contributed by atoms with van der Waals surface area (Å²) in [6.07, 6.45) is 2.58. The SMILES string of the molecule is CC(C)S(=O)(=O)N1CC2(C1)OCCC2COc1ccccn1. The Hall–Kier alpha value is -1.18. The number of nitrogens with zero attached hydrogens (tertiary/aromatic N) is 2. The van der Waals surface area contributed by atoms with Gasteiger partial charge in [0.2, 0.25) is 15.9 Å². The summed E-state index contributed by atoms with van der Waals surface area (Å²) >= 11 is 0. The Kier molecular flexibility index (Phi) is 4.13. The maximum Gasteiger partial charge on any atom is 0.216 e. The summed E-state index contributed by atoms with van der Waals surface area (Å²) in [5, 5.41) is -0.394. The lowest BCUT2D eigenvalue weighted by molar-refractivity contribution is -0.107. The Balaban J connectivity index is 1.61. The van der Waals surface area contributed by atoms with E-state index in [1.54, 1.807) is 20.0 Å². The Bertz CT molecular complexity index is 612. The zero-order valence-corrected chi connectivity index (χ0v) is 13.8. The standard InChI is InChI=1S/C15H22N2O4S/c1-12(2)22(18,19)17-10-15(11-17)13(6-8-21-15)9-20-14-5-3-4-7-16-14/h3-5,7,12-13H,6,8-11H2,1-2H3. The van der Waals surface area contributed by atoms with Gasteiger partial charge in [0.15, 0.2) is 0 Å². The zero-order chi connectivity index (χ0) is 15.8. The number of ether oxygens (including phenoxy) is 2. The molecule has 2 aliphatic rings. The average Bonchev–Trinajstić information content (AvgIpc) is 2.88. The van der Waals surface area contributed by atoms with E-state index in [1.165, 1.54) is 4.31 Å². The number of hydrogen-bond donors (Lipinski definition) is 0. The van der Waals surface area contributed by atoms with Crippen molar-refractivity contribution in [1.82, 2.24) is 9.29 Å². The molecule has 3 heterocycles. The molecule has 22 heavy (non-hydrogen) atoms. The molecular formula is C15H22N2O4S. The van der Waals surface area contributed by atoms with E-state index in [-0.39, 0.29) is 11.5 Å². The van der Waals surface area contributed by atoms with Gasteiger partial charge in [0, 0.05) is 37.9 Å². The molecule has 1 atom stereocenters. The van der Waals surface area contributed by atoms with Crippen LogP contribution in [0.25, 0.3) is 0 Å². The Morgan fingerprint density at radius 2 is 2.23 bits per heavy atom. The van der Waals surface area contributed by atoms with Crippen molar-refractivity contribution < 1.29 is 17.9 Å². The maximum absolute atomic E-state index is 12.2. The van der Waals surface area contributed by atoms with Gasteiger partial charge in [0.05, 0.1) is 11.9 Å². The molecule has 1 unspecified atom stereocenters. The second-order valence-electron chi connectivity index (χ2n) is 6.24. The monoisotopic (exact) mass is 326 g/mol. The summed E-state index contributed by atoms with van der Waals surface area (Å²) in [5.74, 6) is 0.795. The molecule has 1 aromatic heterocycles. The fourth-order valence-corrected chi connectivity index (χ4v) is 4.41. The smallest absolute Gasteiger partial charge is 0.216 e. The highest BCUT2D eigenvalue weighted by Crippen LogP contribution is 2.41. The van der Waals surface area contributed by atoms with Gasteiger partial charge in [-0.05, 0) is 26.3 Å². The lowest BCUT2D eigenvalue weighted by atomic mass is 9.83. The minimum Gasteiger partial charge on any atom is -0.477 e. The molecule has 2 saturated heterocycles. The van der Waals surface area contributed by atoms with Crippen LogP contribution in [0.2, 0.25) is 0 Å². The van der Waals surface area contributed by atoms with Crippen molar-refractivity contribution in [3.8, 4) is 5.88 Å². The fraction of sp³-hybridized carbons (Fsp3) is 0.667. The molecule has 0 radical (unpaired) electrons. The summed E-state index contributed by atoms with van der Waals surface area (Å²) in [4.78, 5) is 4.14. The van der Waals surface area contributed by atoms with E-state index in [1.807, 2.05) is 18.2 Å². The van der Waals surface area contributed by atoms with Crippen LogP contribution in [-0.2, 0) is 14.8 Å². The van der Waals surface area contributed by atoms with Gasteiger partial charge in [-0.3, -0.25) is 0 Å². The number of sulfonamides is 1. The molecule has 122 valence electrons. The third kappa shape index (κ3) is 2.73. The number of pyridine rings is 1. The fourth-order valence-electron chi connectivity index (χ4n) is 3.02. The number of hydrogen-bond acceptors (Lipinski definition) is 5. The van der Waals surface area contributed by atoms with Gasteiger partial charge in [-0.25, -0.2) is 13.4 Å². The van der Waals surface area contributed by atoms with Crippen molar-refractivity contribution in [3.05, 3.63) is 24.4 Å². The van der Waals surface area contributed by atoms with Gasteiger partial charge < -0.3 is 9.47 Å². The second kappa shape index (κ2) is 5.79. The van der Waals surface area contributed by atoms with Crippen LogP contribution in [0.15, 0.2) is 24.4 Å². The van der Waals surface area contributed by atoms with E-state index < -0.39 is 15.3 Å². The number of aromatic nitrogens is 1. The predicted octanol–water partition coefficient (Wildman–Crippen LogP) is 1.29. The van der Waals surface area contributed by atoms with E-state index >= 15 is 0 Å². The molecule has 0 aliphatic carbocycles. The molecule has 0 N–H and O–H groups in total. The van der Waals surface area contributed by atoms with Crippen LogP contribution in [0.5, 0.6) is 5.88 Å². The van der Waals surface area contributed by atoms with Gasteiger partial charge in [-0.2, -0.15) is 4.31 Å². The summed E-state index contributed by atoms with van der Waals surface area (Å²) in [7, 11) is -3.19. The molecule has 0 saturated carbocycles. The van der Waals surface area contributed by atoms with E-state index in [9.17, 15) is 8.42 Å². The summed E-state index contributed by atoms with van der Waals surface area (Å²) in [6, 6.07) is 5.54. The average molecular weight is 326 g/mol. The molecule has 7 heteroatoms. The van der Waals surface area contributed by atoms with Gasteiger partial charge >= 0.3 is 0 Å². The first-order valence-electron chi connectivity index (χ1n) is 7.61. The molecule has 2 fully saturated rings.